The summed E-state index contributed by atoms with van der Waals surface area (Å²) in [5.41, 5.74) is 1.24. The van der Waals surface area contributed by atoms with E-state index >= 15 is 0 Å². The van der Waals surface area contributed by atoms with Gasteiger partial charge in [-0.3, -0.25) is 9.79 Å². The largest absolute Gasteiger partial charge is 0.375 e. The maximum absolute atomic E-state index is 12.5. The van der Waals surface area contributed by atoms with E-state index in [1.54, 1.807) is 0 Å². The van der Waals surface area contributed by atoms with Crippen molar-refractivity contribution < 1.29 is 9.53 Å². The topological polar surface area (TPSA) is 60.4 Å². The number of carbonyl (C=O) groups excluding carboxylic acids is 1. The number of ether oxygens (including phenoxy) is 1. The molecular weight excluding hydrogens is 481 g/mol. The van der Waals surface area contributed by atoms with Gasteiger partial charge in [0.05, 0.1) is 0 Å². The fourth-order valence-electron chi connectivity index (χ4n) is 3.77. The highest BCUT2D eigenvalue weighted by atomic mass is 127. The summed E-state index contributed by atoms with van der Waals surface area (Å²) in [5, 5.41) is 3.47. The fourth-order valence-corrected chi connectivity index (χ4v) is 3.77. The molecule has 0 bridgehead atoms. The molecule has 3 rings (SSSR count). The molecule has 0 aliphatic carbocycles. The average Bonchev–Trinajstić information content (AvgIpc) is 3.29. The zero-order valence-electron chi connectivity index (χ0n) is 17.5. The van der Waals surface area contributed by atoms with Crippen LogP contribution in [0.4, 0.5) is 5.69 Å². The molecule has 8 heteroatoms. The lowest BCUT2D eigenvalue weighted by atomic mass is 10.2. The van der Waals surface area contributed by atoms with E-state index < -0.39 is 0 Å². The summed E-state index contributed by atoms with van der Waals surface area (Å²) >= 11 is 0. The van der Waals surface area contributed by atoms with Crippen LogP contribution in [0.15, 0.2) is 35.3 Å². The van der Waals surface area contributed by atoms with Crippen LogP contribution in [0.3, 0.4) is 0 Å². The number of para-hydroxylation sites is 1. The molecule has 2 fully saturated rings. The number of piperazine rings is 1. The molecule has 1 aromatic rings. The summed E-state index contributed by atoms with van der Waals surface area (Å²) in [5.74, 6) is 1.08. The minimum Gasteiger partial charge on any atom is -0.375 e. The molecule has 7 nitrogen and oxygen atoms in total. The molecule has 1 aromatic carbocycles. The summed E-state index contributed by atoms with van der Waals surface area (Å²) in [6.45, 7) is 5.65. The number of anilines is 1. The summed E-state index contributed by atoms with van der Waals surface area (Å²) < 4.78 is 5.54. The SMILES string of the molecule is CN=C(NCCCN(C)c1ccccc1)N1CCN(C(=O)C2CCCO2)CC1.I. The van der Waals surface area contributed by atoms with E-state index in [-0.39, 0.29) is 36.0 Å². The van der Waals surface area contributed by atoms with Gasteiger partial charge in [-0.2, -0.15) is 0 Å². The van der Waals surface area contributed by atoms with Crippen LogP contribution in [0, 0.1) is 0 Å². The lowest BCUT2D eigenvalue weighted by molar-refractivity contribution is -0.142. The summed E-state index contributed by atoms with van der Waals surface area (Å²) in [7, 11) is 3.94. The Bertz CT molecular complexity index is 644. The van der Waals surface area contributed by atoms with Gasteiger partial charge in [-0.1, -0.05) is 18.2 Å². The van der Waals surface area contributed by atoms with E-state index in [0.717, 1.165) is 64.5 Å². The van der Waals surface area contributed by atoms with Gasteiger partial charge in [-0.25, -0.2) is 0 Å². The molecule has 2 heterocycles. The summed E-state index contributed by atoms with van der Waals surface area (Å²) in [6, 6.07) is 10.4. The number of aliphatic imine (C=N–C) groups is 1. The van der Waals surface area contributed by atoms with Crippen molar-refractivity contribution in [2.24, 2.45) is 4.99 Å². The van der Waals surface area contributed by atoms with Crippen molar-refractivity contribution >= 4 is 41.5 Å². The third-order valence-corrected chi connectivity index (χ3v) is 5.46. The Balaban J connectivity index is 0.00000300. The van der Waals surface area contributed by atoms with Gasteiger partial charge in [0.15, 0.2) is 5.96 Å². The van der Waals surface area contributed by atoms with Crippen molar-refractivity contribution in [2.45, 2.75) is 25.4 Å². The second-order valence-electron chi connectivity index (χ2n) is 7.40. The van der Waals surface area contributed by atoms with Crippen molar-refractivity contribution in [1.82, 2.24) is 15.1 Å². The second-order valence-corrected chi connectivity index (χ2v) is 7.40. The zero-order valence-corrected chi connectivity index (χ0v) is 19.9. The maximum atomic E-state index is 12.5. The van der Waals surface area contributed by atoms with Gasteiger partial charge in [0.2, 0.25) is 0 Å². The lowest BCUT2D eigenvalue weighted by Gasteiger charge is -2.37. The quantitative estimate of drug-likeness (QED) is 0.272. The van der Waals surface area contributed by atoms with Gasteiger partial charge in [0.1, 0.15) is 6.10 Å². The number of amides is 1. The van der Waals surface area contributed by atoms with Gasteiger partial charge in [-0.05, 0) is 31.4 Å². The number of carbonyl (C=O) groups is 1. The van der Waals surface area contributed by atoms with E-state index in [1.165, 1.54) is 5.69 Å². The van der Waals surface area contributed by atoms with Gasteiger partial charge in [0, 0.05) is 65.7 Å². The predicted molar refractivity (Wildman–Crippen MR) is 128 cm³/mol. The highest BCUT2D eigenvalue weighted by molar-refractivity contribution is 14.0. The van der Waals surface area contributed by atoms with Crippen molar-refractivity contribution in [2.75, 3.05) is 64.9 Å². The van der Waals surface area contributed by atoms with Crippen LogP contribution in [0.1, 0.15) is 19.3 Å². The first-order chi connectivity index (χ1) is 13.7. The van der Waals surface area contributed by atoms with Crippen LogP contribution < -0.4 is 10.2 Å². The lowest BCUT2D eigenvalue weighted by Crippen LogP contribution is -2.55. The van der Waals surface area contributed by atoms with Crippen LogP contribution in [-0.2, 0) is 9.53 Å². The van der Waals surface area contributed by atoms with E-state index in [1.807, 2.05) is 18.0 Å². The third kappa shape index (κ3) is 6.74. The predicted octanol–water partition coefficient (Wildman–Crippen LogP) is 2.03. The maximum Gasteiger partial charge on any atom is 0.251 e. The molecule has 2 aliphatic rings. The van der Waals surface area contributed by atoms with E-state index in [0.29, 0.717) is 6.61 Å². The number of rotatable bonds is 6. The fraction of sp³-hybridized carbons (Fsp3) is 0.619. The van der Waals surface area contributed by atoms with Crippen LogP contribution in [0.25, 0.3) is 0 Å². The number of benzene rings is 1. The van der Waals surface area contributed by atoms with E-state index in [9.17, 15) is 4.79 Å². The number of guanidine groups is 1. The Morgan fingerprint density at radius 1 is 1.21 bits per heavy atom. The Morgan fingerprint density at radius 2 is 1.90 bits per heavy atom. The number of nitrogens with one attached hydrogen (secondary N) is 1. The second kappa shape index (κ2) is 12.2. The molecule has 1 amide bonds. The third-order valence-electron chi connectivity index (χ3n) is 5.46. The van der Waals surface area contributed by atoms with Crippen LogP contribution in [0.5, 0.6) is 0 Å². The molecule has 2 aliphatic heterocycles. The number of nitrogens with zero attached hydrogens (tertiary/aromatic N) is 4. The van der Waals surface area contributed by atoms with Gasteiger partial charge in [0.25, 0.3) is 5.91 Å². The molecule has 1 unspecified atom stereocenters. The summed E-state index contributed by atoms with van der Waals surface area (Å²) in [6.07, 6.45) is 2.67. The summed E-state index contributed by atoms with van der Waals surface area (Å²) in [4.78, 5) is 23.3. The van der Waals surface area contributed by atoms with Gasteiger partial charge >= 0.3 is 0 Å². The molecule has 29 heavy (non-hydrogen) atoms. The molecule has 2 saturated heterocycles. The minimum atomic E-state index is -0.217. The standard InChI is InChI=1S/C21H33N5O2.HI/c1-22-21(23-11-7-12-24(2)18-8-4-3-5-9-18)26-15-13-25(14-16-26)20(27)19-10-6-17-28-19;/h3-5,8-9,19H,6-7,10-17H2,1-2H3,(H,22,23);1H. The number of hydrogen-bond acceptors (Lipinski definition) is 4. The van der Waals surface area contributed by atoms with Gasteiger partial charge in [-0.15, -0.1) is 24.0 Å². The molecule has 0 aromatic heterocycles. The monoisotopic (exact) mass is 515 g/mol. The Labute approximate surface area is 191 Å². The van der Waals surface area contributed by atoms with Crippen molar-refractivity contribution in [3.8, 4) is 0 Å². The molecule has 0 spiro atoms. The highest BCUT2D eigenvalue weighted by Crippen LogP contribution is 2.16. The van der Waals surface area contributed by atoms with Crippen molar-refractivity contribution in [3.63, 3.8) is 0 Å². The molecule has 162 valence electrons. The van der Waals surface area contributed by atoms with E-state index in [2.05, 4.69) is 51.4 Å². The van der Waals surface area contributed by atoms with Gasteiger partial charge < -0.3 is 24.8 Å². The Kier molecular flexibility index (Phi) is 9.99. The first-order valence-corrected chi connectivity index (χ1v) is 10.3. The highest BCUT2D eigenvalue weighted by Gasteiger charge is 2.30. The average molecular weight is 515 g/mol. The Hall–Kier alpha value is -1.55. The Morgan fingerprint density at radius 3 is 2.52 bits per heavy atom. The van der Waals surface area contributed by atoms with E-state index in [4.69, 9.17) is 4.74 Å². The van der Waals surface area contributed by atoms with Crippen LogP contribution >= 0.6 is 24.0 Å². The first kappa shape index (κ1) is 23.7. The smallest absolute Gasteiger partial charge is 0.251 e. The molecule has 1 atom stereocenters. The normalized spacial score (nSPS) is 19.7. The molecular formula is C21H34IN5O2. The molecule has 1 N–H and O–H groups in total. The number of halogens is 1. The zero-order chi connectivity index (χ0) is 19.8. The molecule has 0 saturated carbocycles. The van der Waals surface area contributed by atoms with Crippen LogP contribution in [0.2, 0.25) is 0 Å². The first-order valence-electron chi connectivity index (χ1n) is 10.3. The van der Waals surface area contributed by atoms with Crippen molar-refractivity contribution in [1.29, 1.82) is 0 Å². The van der Waals surface area contributed by atoms with Crippen LogP contribution in [-0.4, -0.2) is 87.7 Å². The minimum absolute atomic E-state index is 0. The number of hydrogen-bond donors (Lipinski definition) is 1. The molecule has 0 radical (unpaired) electrons. The van der Waals surface area contributed by atoms with Crippen molar-refractivity contribution in [3.05, 3.63) is 30.3 Å².